The van der Waals surface area contributed by atoms with Crippen LogP contribution in [0.1, 0.15) is 28.1 Å². The van der Waals surface area contributed by atoms with Gasteiger partial charge in [-0.2, -0.15) is 4.98 Å². The highest BCUT2D eigenvalue weighted by Crippen LogP contribution is 2.17. The van der Waals surface area contributed by atoms with Crippen LogP contribution in [-0.2, 0) is 13.0 Å². The van der Waals surface area contributed by atoms with E-state index in [1.807, 2.05) is 30.5 Å². The minimum Gasteiger partial charge on any atom is -0.346 e. The van der Waals surface area contributed by atoms with Gasteiger partial charge in [-0.05, 0) is 23.6 Å². The van der Waals surface area contributed by atoms with Crippen molar-refractivity contribution in [3.8, 4) is 17.3 Å². The molecule has 0 aliphatic rings. The van der Waals surface area contributed by atoms with Gasteiger partial charge in [-0.25, -0.2) is 9.97 Å². The van der Waals surface area contributed by atoms with Gasteiger partial charge in [0.15, 0.2) is 5.82 Å². The maximum absolute atomic E-state index is 12.2. The Morgan fingerprint density at radius 3 is 2.93 bits per heavy atom. The third-order valence-corrected chi connectivity index (χ3v) is 4.74. The fourth-order valence-electron chi connectivity index (χ4n) is 2.42. The quantitative estimate of drug-likeness (QED) is 0.552. The van der Waals surface area contributed by atoms with Crippen LogP contribution in [0.2, 0.25) is 0 Å². The molecule has 0 aliphatic heterocycles. The molecule has 136 valence electrons. The zero-order chi connectivity index (χ0) is 18.6. The largest absolute Gasteiger partial charge is 0.346 e. The number of hydrogen-bond donors (Lipinski definition) is 1. The predicted molar refractivity (Wildman–Crippen MR) is 99.5 cm³/mol. The number of amides is 1. The van der Waals surface area contributed by atoms with E-state index < -0.39 is 0 Å². The first-order valence-electron chi connectivity index (χ1n) is 8.37. The first kappa shape index (κ1) is 17.1. The number of nitrogens with zero attached hydrogens (tertiary/aromatic N) is 5. The number of hydrogen-bond acceptors (Lipinski definition) is 7. The number of nitrogens with one attached hydrogen (secondary N) is 1. The summed E-state index contributed by atoms with van der Waals surface area (Å²) in [7, 11) is 0. The standard InChI is InChI=1S/C18H16N6O2S/c1-2-15-22-18(26-23-15)12-5-6-16(19-8-12)24-10-14(21-11-24)17(25)20-9-13-4-3-7-27-13/h3-8,10-11H,2,9H2,1H3,(H,20,25). The van der Waals surface area contributed by atoms with E-state index in [1.54, 1.807) is 40.7 Å². The summed E-state index contributed by atoms with van der Waals surface area (Å²) in [6.07, 6.45) is 5.57. The molecule has 0 aliphatic carbocycles. The van der Waals surface area contributed by atoms with Crippen LogP contribution in [0.25, 0.3) is 17.3 Å². The number of carbonyl (C=O) groups excluding carboxylic acids is 1. The minimum absolute atomic E-state index is 0.225. The van der Waals surface area contributed by atoms with E-state index in [0.717, 1.165) is 10.4 Å². The summed E-state index contributed by atoms with van der Waals surface area (Å²) < 4.78 is 6.90. The Kier molecular flexibility index (Phi) is 4.75. The number of pyridine rings is 1. The van der Waals surface area contributed by atoms with E-state index in [1.165, 1.54) is 0 Å². The Morgan fingerprint density at radius 1 is 1.30 bits per heavy atom. The number of carbonyl (C=O) groups is 1. The highest BCUT2D eigenvalue weighted by Gasteiger charge is 2.12. The molecule has 4 rings (SSSR count). The smallest absolute Gasteiger partial charge is 0.271 e. The van der Waals surface area contributed by atoms with Crippen LogP contribution in [0, 0.1) is 0 Å². The van der Waals surface area contributed by atoms with Gasteiger partial charge >= 0.3 is 0 Å². The molecule has 0 bridgehead atoms. The summed E-state index contributed by atoms with van der Waals surface area (Å²) in [5.41, 5.74) is 1.07. The van der Waals surface area contributed by atoms with Crippen molar-refractivity contribution in [1.82, 2.24) is 30.0 Å². The van der Waals surface area contributed by atoms with E-state index in [9.17, 15) is 4.79 Å². The maximum Gasteiger partial charge on any atom is 0.271 e. The SMILES string of the molecule is CCc1noc(-c2ccc(-n3cnc(C(=O)NCc4cccs4)c3)nc2)n1. The van der Waals surface area contributed by atoms with Crippen molar-refractivity contribution in [3.63, 3.8) is 0 Å². The molecule has 8 nitrogen and oxygen atoms in total. The van der Waals surface area contributed by atoms with Crippen LogP contribution in [-0.4, -0.2) is 30.6 Å². The van der Waals surface area contributed by atoms with E-state index in [2.05, 4.69) is 25.4 Å². The molecule has 0 unspecified atom stereocenters. The summed E-state index contributed by atoms with van der Waals surface area (Å²) in [4.78, 5) is 26.1. The molecule has 1 N–H and O–H groups in total. The number of rotatable bonds is 6. The summed E-state index contributed by atoms with van der Waals surface area (Å²) in [6.45, 7) is 2.45. The van der Waals surface area contributed by atoms with Gasteiger partial charge in [-0.3, -0.25) is 9.36 Å². The van der Waals surface area contributed by atoms with Crippen molar-refractivity contribution in [2.75, 3.05) is 0 Å². The highest BCUT2D eigenvalue weighted by molar-refractivity contribution is 7.09. The van der Waals surface area contributed by atoms with Gasteiger partial charge in [-0.15, -0.1) is 11.3 Å². The second-order valence-electron chi connectivity index (χ2n) is 5.70. The molecule has 4 aromatic heterocycles. The lowest BCUT2D eigenvalue weighted by atomic mass is 10.3. The minimum atomic E-state index is -0.225. The van der Waals surface area contributed by atoms with Crippen LogP contribution in [0.4, 0.5) is 0 Å². The van der Waals surface area contributed by atoms with Crippen molar-refractivity contribution in [2.24, 2.45) is 0 Å². The Labute approximate surface area is 158 Å². The molecule has 1 amide bonds. The van der Waals surface area contributed by atoms with E-state index in [0.29, 0.717) is 36.2 Å². The lowest BCUT2D eigenvalue weighted by Crippen LogP contribution is -2.22. The predicted octanol–water partition coefficient (Wildman–Crippen LogP) is 2.87. The zero-order valence-electron chi connectivity index (χ0n) is 14.5. The molecule has 0 radical (unpaired) electrons. The average molecular weight is 380 g/mol. The van der Waals surface area contributed by atoms with Gasteiger partial charge in [0.25, 0.3) is 11.8 Å². The third kappa shape index (κ3) is 3.77. The number of aryl methyl sites for hydroxylation is 1. The Balaban J connectivity index is 1.45. The van der Waals surface area contributed by atoms with Crippen LogP contribution in [0.5, 0.6) is 0 Å². The summed E-state index contributed by atoms with van der Waals surface area (Å²) >= 11 is 1.60. The number of aromatic nitrogens is 5. The topological polar surface area (TPSA) is 98.7 Å². The van der Waals surface area contributed by atoms with Gasteiger partial charge in [0.2, 0.25) is 0 Å². The molecule has 4 aromatic rings. The summed E-state index contributed by atoms with van der Waals surface area (Å²) in [5, 5.41) is 8.70. The molecule has 0 saturated heterocycles. The molecule has 0 saturated carbocycles. The second-order valence-corrected chi connectivity index (χ2v) is 6.73. The van der Waals surface area contributed by atoms with Gasteiger partial charge in [0.05, 0.1) is 12.1 Å². The molecule has 4 heterocycles. The lowest BCUT2D eigenvalue weighted by molar-refractivity contribution is 0.0947. The normalized spacial score (nSPS) is 10.9. The molecule has 9 heteroatoms. The fourth-order valence-corrected chi connectivity index (χ4v) is 3.06. The van der Waals surface area contributed by atoms with Gasteiger partial charge in [-0.1, -0.05) is 18.1 Å². The molecular weight excluding hydrogens is 364 g/mol. The zero-order valence-corrected chi connectivity index (χ0v) is 15.3. The van der Waals surface area contributed by atoms with Gasteiger partial charge < -0.3 is 9.84 Å². The molecule has 0 atom stereocenters. The van der Waals surface area contributed by atoms with E-state index in [-0.39, 0.29) is 5.91 Å². The lowest BCUT2D eigenvalue weighted by Gasteiger charge is -2.02. The van der Waals surface area contributed by atoms with Crippen LogP contribution < -0.4 is 5.32 Å². The molecule has 0 fully saturated rings. The van der Waals surface area contributed by atoms with Gasteiger partial charge in [0.1, 0.15) is 17.8 Å². The van der Waals surface area contributed by atoms with Gasteiger partial charge in [0, 0.05) is 23.7 Å². The average Bonchev–Trinajstić information content (AvgIpc) is 3.47. The van der Waals surface area contributed by atoms with Crippen molar-refractivity contribution < 1.29 is 9.32 Å². The monoisotopic (exact) mass is 380 g/mol. The third-order valence-electron chi connectivity index (χ3n) is 3.86. The molecule has 0 aromatic carbocycles. The Bertz CT molecular complexity index is 1040. The number of thiophene rings is 1. The van der Waals surface area contributed by atoms with E-state index >= 15 is 0 Å². The maximum atomic E-state index is 12.2. The highest BCUT2D eigenvalue weighted by atomic mass is 32.1. The van der Waals surface area contributed by atoms with Crippen LogP contribution >= 0.6 is 11.3 Å². The summed E-state index contributed by atoms with van der Waals surface area (Å²) in [5.74, 6) is 1.50. The molecule has 27 heavy (non-hydrogen) atoms. The first-order valence-corrected chi connectivity index (χ1v) is 9.25. The molecule has 0 spiro atoms. The van der Waals surface area contributed by atoms with Crippen LogP contribution in [0.15, 0.2) is 52.9 Å². The summed E-state index contributed by atoms with van der Waals surface area (Å²) in [6, 6.07) is 7.57. The second kappa shape index (κ2) is 7.50. The Morgan fingerprint density at radius 2 is 2.22 bits per heavy atom. The molecular formula is C18H16N6O2S. The van der Waals surface area contributed by atoms with Crippen LogP contribution in [0.3, 0.4) is 0 Å². The Hall–Kier alpha value is -3.33. The van der Waals surface area contributed by atoms with Crippen molar-refractivity contribution in [3.05, 3.63) is 64.8 Å². The first-order chi connectivity index (χ1) is 13.2. The van der Waals surface area contributed by atoms with Crippen molar-refractivity contribution in [2.45, 2.75) is 19.9 Å². The van der Waals surface area contributed by atoms with E-state index in [4.69, 9.17) is 4.52 Å². The fraction of sp³-hybridized carbons (Fsp3) is 0.167. The number of imidazole rings is 1. The van der Waals surface area contributed by atoms with Crippen molar-refractivity contribution >= 4 is 17.2 Å². The van der Waals surface area contributed by atoms with Crippen molar-refractivity contribution in [1.29, 1.82) is 0 Å².